The molecule has 1 aliphatic rings. The van der Waals surface area contributed by atoms with Crippen LogP contribution >= 0.6 is 0 Å². The van der Waals surface area contributed by atoms with Crippen LogP contribution in [0, 0.1) is 5.82 Å². The molecular formula is C13H15F4N3O. The van der Waals surface area contributed by atoms with E-state index < -0.39 is 29.5 Å². The standard InChI is InChI=1S/C13H15F4N3O/c1-7-5-19-11(6-18-7)12(21)20-8-2-3-10(14)9(4-8)13(15,16)17/h2-4,7,11,18-19H,5-6H2,1H3,(H,20,21). The van der Waals surface area contributed by atoms with Crippen LogP contribution in [-0.4, -0.2) is 31.1 Å². The van der Waals surface area contributed by atoms with Gasteiger partial charge >= 0.3 is 6.18 Å². The van der Waals surface area contributed by atoms with Crippen LogP contribution in [0.15, 0.2) is 18.2 Å². The summed E-state index contributed by atoms with van der Waals surface area (Å²) in [7, 11) is 0. The number of piperazine rings is 1. The van der Waals surface area contributed by atoms with Crippen LogP contribution in [-0.2, 0) is 11.0 Å². The lowest BCUT2D eigenvalue weighted by Crippen LogP contribution is -2.57. The zero-order valence-corrected chi connectivity index (χ0v) is 11.2. The van der Waals surface area contributed by atoms with Crippen LogP contribution in [0.1, 0.15) is 12.5 Å². The molecule has 1 aromatic carbocycles. The lowest BCUT2D eigenvalue weighted by molar-refractivity contribution is -0.140. The number of hydrogen-bond acceptors (Lipinski definition) is 3. The molecule has 2 atom stereocenters. The van der Waals surface area contributed by atoms with Gasteiger partial charge < -0.3 is 16.0 Å². The summed E-state index contributed by atoms with van der Waals surface area (Å²) in [6.45, 7) is 2.90. The van der Waals surface area contributed by atoms with Crippen LogP contribution in [0.25, 0.3) is 0 Å². The van der Waals surface area contributed by atoms with Gasteiger partial charge in [-0.05, 0) is 25.1 Å². The molecule has 21 heavy (non-hydrogen) atoms. The minimum absolute atomic E-state index is 0.0888. The first-order valence-electron chi connectivity index (χ1n) is 6.42. The molecule has 0 saturated carbocycles. The molecule has 8 heteroatoms. The Hall–Kier alpha value is -1.67. The second kappa shape index (κ2) is 5.98. The molecule has 0 aliphatic carbocycles. The van der Waals surface area contributed by atoms with E-state index >= 15 is 0 Å². The summed E-state index contributed by atoms with van der Waals surface area (Å²) in [5.41, 5.74) is -1.49. The molecular weight excluding hydrogens is 290 g/mol. The van der Waals surface area contributed by atoms with Crippen molar-refractivity contribution >= 4 is 11.6 Å². The number of hydrogen-bond donors (Lipinski definition) is 3. The van der Waals surface area contributed by atoms with Crippen molar-refractivity contribution in [2.24, 2.45) is 0 Å². The van der Waals surface area contributed by atoms with Crippen molar-refractivity contribution < 1.29 is 22.4 Å². The Morgan fingerprint density at radius 1 is 1.29 bits per heavy atom. The summed E-state index contributed by atoms with van der Waals surface area (Å²) in [5, 5.41) is 8.41. The van der Waals surface area contributed by atoms with E-state index in [9.17, 15) is 22.4 Å². The van der Waals surface area contributed by atoms with E-state index in [1.54, 1.807) is 0 Å². The Kier molecular flexibility index (Phi) is 4.48. The summed E-state index contributed by atoms with van der Waals surface area (Å²) in [6.07, 6.45) is -4.80. The third kappa shape index (κ3) is 3.92. The van der Waals surface area contributed by atoms with Crippen molar-refractivity contribution in [3.63, 3.8) is 0 Å². The van der Waals surface area contributed by atoms with Crippen molar-refractivity contribution in [2.45, 2.75) is 25.2 Å². The van der Waals surface area contributed by atoms with Gasteiger partial charge in [-0.2, -0.15) is 13.2 Å². The predicted octanol–water partition coefficient (Wildman–Crippen LogP) is 1.73. The second-order valence-electron chi connectivity index (χ2n) is 4.95. The molecule has 0 aromatic heterocycles. The van der Waals surface area contributed by atoms with Gasteiger partial charge in [0.15, 0.2) is 0 Å². The SMILES string of the molecule is CC1CNC(C(=O)Nc2ccc(F)c(C(F)(F)F)c2)CN1. The van der Waals surface area contributed by atoms with Crippen molar-refractivity contribution in [2.75, 3.05) is 18.4 Å². The first kappa shape index (κ1) is 15.7. The van der Waals surface area contributed by atoms with Crippen LogP contribution in [0.3, 0.4) is 0 Å². The fraction of sp³-hybridized carbons (Fsp3) is 0.462. The van der Waals surface area contributed by atoms with Gasteiger partial charge in [0, 0.05) is 24.8 Å². The molecule has 3 N–H and O–H groups in total. The van der Waals surface area contributed by atoms with Crippen LogP contribution < -0.4 is 16.0 Å². The van der Waals surface area contributed by atoms with E-state index in [4.69, 9.17) is 0 Å². The zero-order chi connectivity index (χ0) is 15.6. The third-order valence-electron chi connectivity index (χ3n) is 3.20. The quantitative estimate of drug-likeness (QED) is 0.730. The minimum Gasteiger partial charge on any atom is -0.325 e. The molecule has 2 unspecified atom stereocenters. The molecule has 0 radical (unpaired) electrons. The highest BCUT2D eigenvalue weighted by Gasteiger charge is 2.34. The summed E-state index contributed by atoms with van der Waals surface area (Å²) >= 11 is 0. The van der Waals surface area contributed by atoms with Gasteiger partial charge in [0.2, 0.25) is 5.91 Å². The third-order valence-corrected chi connectivity index (χ3v) is 3.20. The number of alkyl halides is 3. The van der Waals surface area contributed by atoms with Crippen molar-refractivity contribution in [1.29, 1.82) is 0 Å². The molecule has 116 valence electrons. The summed E-state index contributed by atoms with van der Waals surface area (Å²) < 4.78 is 50.9. The Bertz CT molecular complexity index is 525. The number of halogens is 4. The van der Waals surface area contributed by atoms with Crippen LogP contribution in [0.2, 0.25) is 0 Å². The van der Waals surface area contributed by atoms with Crippen molar-refractivity contribution in [3.05, 3.63) is 29.6 Å². The number of carbonyl (C=O) groups excluding carboxylic acids is 1. The van der Waals surface area contributed by atoms with E-state index in [1.807, 2.05) is 6.92 Å². The van der Waals surface area contributed by atoms with Crippen LogP contribution in [0.4, 0.5) is 23.2 Å². The van der Waals surface area contributed by atoms with Gasteiger partial charge in [0.1, 0.15) is 5.82 Å². The minimum atomic E-state index is -4.80. The van der Waals surface area contributed by atoms with E-state index in [-0.39, 0.29) is 11.7 Å². The Morgan fingerprint density at radius 2 is 2.00 bits per heavy atom. The molecule has 0 bridgehead atoms. The van der Waals surface area contributed by atoms with Crippen molar-refractivity contribution in [3.8, 4) is 0 Å². The molecule has 1 saturated heterocycles. The van der Waals surface area contributed by atoms with Gasteiger partial charge in [-0.1, -0.05) is 0 Å². The van der Waals surface area contributed by atoms with Gasteiger partial charge in [0.05, 0.1) is 11.6 Å². The van der Waals surface area contributed by atoms with Gasteiger partial charge in [-0.3, -0.25) is 4.79 Å². The largest absolute Gasteiger partial charge is 0.419 e. The molecule has 4 nitrogen and oxygen atoms in total. The maximum Gasteiger partial charge on any atom is 0.419 e. The lowest BCUT2D eigenvalue weighted by atomic mass is 10.1. The molecule has 1 amide bonds. The normalized spacial score (nSPS) is 22.9. The number of rotatable bonds is 2. The van der Waals surface area contributed by atoms with Crippen molar-refractivity contribution in [1.82, 2.24) is 10.6 Å². The first-order valence-corrected chi connectivity index (χ1v) is 6.42. The summed E-state index contributed by atoms with van der Waals surface area (Å²) in [5.74, 6) is -1.83. The number of benzene rings is 1. The molecule has 1 aliphatic heterocycles. The molecule has 1 fully saturated rings. The highest BCUT2D eigenvalue weighted by atomic mass is 19.4. The number of anilines is 1. The van der Waals surface area contributed by atoms with Crippen LogP contribution in [0.5, 0.6) is 0 Å². The number of nitrogens with one attached hydrogen (secondary N) is 3. The fourth-order valence-corrected chi connectivity index (χ4v) is 2.02. The Balaban J connectivity index is 2.08. The lowest BCUT2D eigenvalue weighted by Gasteiger charge is -2.28. The fourth-order valence-electron chi connectivity index (χ4n) is 2.02. The molecule has 0 spiro atoms. The highest BCUT2D eigenvalue weighted by Crippen LogP contribution is 2.32. The zero-order valence-electron chi connectivity index (χ0n) is 11.2. The summed E-state index contributed by atoms with van der Waals surface area (Å²) in [6, 6.07) is 2.05. The molecule has 2 rings (SSSR count). The second-order valence-corrected chi connectivity index (χ2v) is 4.95. The summed E-state index contributed by atoms with van der Waals surface area (Å²) in [4.78, 5) is 11.9. The van der Waals surface area contributed by atoms with E-state index in [1.165, 1.54) is 0 Å². The van der Waals surface area contributed by atoms with E-state index in [0.717, 1.165) is 6.07 Å². The van der Waals surface area contributed by atoms with Gasteiger partial charge in [0.25, 0.3) is 0 Å². The average molecular weight is 305 g/mol. The highest BCUT2D eigenvalue weighted by molar-refractivity contribution is 5.95. The maximum absolute atomic E-state index is 13.1. The monoisotopic (exact) mass is 305 g/mol. The Morgan fingerprint density at radius 3 is 2.57 bits per heavy atom. The van der Waals surface area contributed by atoms with E-state index in [2.05, 4.69) is 16.0 Å². The van der Waals surface area contributed by atoms with E-state index in [0.29, 0.717) is 25.2 Å². The average Bonchev–Trinajstić information content (AvgIpc) is 2.40. The number of carbonyl (C=O) groups is 1. The number of amides is 1. The van der Waals surface area contributed by atoms with Gasteiger partial charge in [-0.25, -0.2) is 4.39 Å². The molecule has 1 heterocycles. The topological polar surface area (TPSA) is 53.2 Å². The van der Waals surface area contributed by atoms with Gasteiger partial charge in [-0.15, -0.1) is 0 Å². The maximum atomic E-state index is 13.1. The first-order chi connectivity index (χ1) is 9.77. The Labute approximate surface area is 118 Å². The molecule has 1 aromatic rings. The smallest absolute Gasteiger partial charge is 0.325 e. The predicted molar refractivity (Wildman–Crippen MR) is 69.3 cm³/mol.